The number of rotatable bonds is 5. The van der Waals surface area contributed by atoms with Crippen molar-refractivity contribution in [3.63, 3.8) is 0 Å². The summed E-state index contributed by atoms with van der Waals surface area (Å²) in [5.74, 6) is -0.319. The first kappa shape index (κ1) is 21.8. The van der Waals surface area contributed by atoms with Gasteiger partial charge < -0.3 is 15.4 Å². The Morgan fingerprint density at radius 1 is 1.23 bits per heavy atom. The van der Waals surface area contributed by atoms with Gasteiger partial charge in [0.15, 0.2) is 5.11 Å². The number of thiophene rings is 1. The molecule has 2 heterocycles. The number of aryl methyl sites for hydroxylation is 1. The van der Waals surface area contributed by atoms with E-state index in [2.05, 4.69) is 15.7 Å². The van der Waals surface area contributed by atoms with E-state index in [4.69, 9.17) is 28.6 Å². The Hall–Kier alpha value is -2.42. The molecule has 162 valence electrons. The van der Waals surface area contributed by atoms with Crippen molar-refractivity contribution < 1.29 is 9.53 Å². The maximum Gasteiger partial charge on any atom is 0.341 e. The van der Waals surface area contributed by atoms with Crippen LogP contribution in [0.3, 0.4) is 0 Å². The summed E-state index contributed by atoms with van der Waals surface area (Å²) in [7, 11) is 1.42. The Morgan fingerprint density at radius 3 is 2.77 bits per heavy atom. The molecule has 2 aromatic heterocycles. The number of hydrogen-bond donors (Lipinski definition) is 2. The molecule has 2 N–H and O–H groups in total. The van der Waals surface area contributed by atoms with Crippen LogP contribution in [-0.2, 0) is 24.1 Å². The smallest absolute Gasteiger partial charge is 0.341 e. The third-order valence-corrected chi connectivity index (χ3v) is 6.85. The number of aromatic nitrogens is 2. The van der Waals surface area contributed by atoms with Crippen molar-refractivity contribution in [1.82, 2.24) is 9.78 Å². The van der Waals surface area contributed by atoms with Gasteiger partial charge in [-0.15, -0.1) is 11.3 Å². The number of methoxy groups -OCH3 is 1. The van der Waals surface area contributed by atoms with Crippen molar-refractivity contribution in [2.75, 3.05) is 17.7 Å². The number of thiocarbonyl (C=S) groups is 1. The third kappa shape index (κ3) is 5.26. The molecule has 0 fully saturated rings. The second-order valence-electron chi connectivity index (χ2n) is 7.39. The van der Waals surface area contributed by atoms with Crippen LogP contribution in [0.25, 0.3) is 0 Å². The van der Waals surface area contributed by atoms with Crippen molar-refractivity contribution in [2.24, 2.45) is 0 Å². The number of nitrogens with one attached hydrogen (secondary N) is 2. The van der Waals surface area contributed by atoms with Crippen LogP contribution < -0.4 is 10.6 Å². The van der Waals surface area contributed by atoms with Crippen LogP contribution in [0, 0.1) is 0 Å². The summed E-state index contributed by atoms with van der Waals surface area (Å²) in [6.45, 7) is 0.628. The predicted molar refractivity (Wildman–Crippen MR) is 130 cm³/mol. The van der Waals surface area contributed by atoms with E-state index in [1.54, 1.807) is 17.5 Å². The lowest BCUT2D eigenvalue weighted by Crippen LogP contribution is -2.20. The lowest BCUT2D eigenvalue weighted by molar-refractivity contribution is 0.0601. The highest BCUT2D eigenvalue weighted by Gasteiger charge is 2.25. The van der Waals surface area contributed by atoms with Gasteiger partial charge in [-0.1, -0.05) is 30.2 Å². The number of fused-ring (bicyclic) bond motifs is 1. The van der Waals surface area contributed by atoms with E-state index in [1.165, 1.54) is 18.4 Å². The molecule has 3 aromatic rings. The molecule has 0 saturated carbocycles. The fourth-order valence-corrected chi connectivity index (χ4v) is 5.40. The number of anilines is 2. The standard InChI is InChI=1S/C22H23ClN4O2S2/c1-29-21(28)19-17-5-3-2-4-6-18(17)31-20(19)26-22(30)25-16-11-24-27(13-16)12-14-7-9-15(23)10-8-14/h7-11,13H,2-6,12H2,1H3,(H2,25,26,30). The highest BCUT2D eigenvalue weighted by Crippen LogP contribution is 2.38. The first-order valence-electron chi connectivity index (χ1n) is 10.1. The average molecular weight is 475 g/mol. The van der Waals surface area contributed by atoms with Crippen LogP contribution in [0.4, 0.5) is 10.7 Å². The van der Waals surface area contributed by atoms with Crippen molar-refractivity contribution in [2.45, 2.75) is 38.6 Å². The molecule has 0 bridgehead atoms. The number of carbonyl (C=O) groups excluding carboxylic acids is 1. The SMILES string of the molecule is COC(=O)c1c(NC(=S)Nc2cnn(Cc3ccc(Cl)cc3)c2)sc2c1CCCCC2. The monoisotopic (exact) mass is 474 g/mol. The zero-order valence-corrected chi connectivity index (χ0v) is 19.5. The lowest BCUT2D eigenvalue weighted by atomic mass is 10.1. The number of esters is 1. The van der Waals surface area contributed by atoms with Crippen LogP contribution in [0.2, 0.25) is 5.02 Å². The van der Waals surface area contributed by atoms with Gasteiger partial charge in [-0.05, 0) is 61.2 Å². The van der Waals surface area contributed by atoms with Gasteiger partial charge in [0.2, 0.25) is 0 Å². The molecule has 0 aliphatic heterocycles. The maximum atomic E-state index is 12.5. The summed E-state index contributed by atoms with van der Waals surface area (Å²) in [6, 6.07) is 7.66. The molecule has 0 amide bonds. The number of benzene rings is 1. The number of ether oxygens (including phenoxy) is 1. The van der Waals surface area contributed by atoms with E-state index in [0.717, 1.165) is 47.5 Å². The molecule has 0 spiro atoms. The number of halogens is 1. The third-order valence-electron chi connectivity index (χ3n) is 5.19. The lowest BCUT2D eigenvalue weighted by Gasteiger charge is -2.10. The topological polar surface area (TPSA) is 68.2 Å². The fraction of sp³-hybridized carbons (Fsp3) is 0.318. The molecule has 4 rings (SSSR count). The van der Waals surface area contributed by atoms with E-state index >= 15 is 0 Å². The van der Waals surface area contributed by atoms with E-state index in [-0.39, 0.29) is 5.97 Å². The van der Waals surface area contributed by atoms with Gasteiger partial charge in [-0.2, -0.15) is 5.10 Å². The van der Waals surface area contributed by atoms with E-state index in [9.17, 15) is 4.79 Å². The molecule has 0 radical (unpaired) electrons. The van der Waals surface area contributed by atoms with Crippen molar-refractivity contribution in [3.05, 3.63) is 63.2 Å². The minimum atomic E-state index is -0.319. The first-order chi connectivity index (χ1) is 15.0. The summed E-state index contributed by atoms with van der Waals surface area (Å²) in [4.78, 5) is 13.7. The molecule has 1 aliphatic rings. The molecule has 0 unspecified atom stereocenters. The van der Waals surface area contributed by atoms with Gasteiger partial charge >= 0.3 is 5.97 Å². The molecular formula is C22H23ClN4O2S2. The summed E-state index contributed by atoms with van der Waals surface area (Å²) >= 11 is 13.0. The van der Waals surface area contributed by atoms with Crippen LogP contribution in [-0.4, -0.2) is 28.0 Å². The number of nitrogens with zero attached hydrogens (tertiary/aromatic N) is 2. The van der Waals surface area contributed by atoms with Crippen LogP contribution in [0.15, 0.2) is 36.7 Å². The molecular weight excluding hydrogens is 452 g/mol. The van der Waals surface area contributed by atoms with Crippen LogP contribution in [0.1, 0.15) is 45.6 Å². The zero-order valence-electron chi connectivity index (χ0n) is 17.1. The Morgan fingerprint density at radius 2 is 2.00 bits per heavy atom. The summed E-state index contributed by atoms with van der Waals surface area (Å²) in [6.07, 6.45) is 8.90. The Kier molecular flexibility index (Phi) is 6.89. The molecule has 0 atom stereocenters. The van der Waals surface area contributed by atoms with Gasteiger partial charge in [-0.25, -0.2) is 4.79 Å². The van der Waals surface area contributed by atoms with Gasteiger partial charge in [-0.3, -0.25) is 4.68 Å². The summed E-state index contributed by atoms with van der Waals surface area (Å²) < 4.78 is 6.87. The van der Waals surface area contributed by atoms with Gasteiger partial charge in [0, 0.05) is 16.1 Å². The second-order valence-corrected chi connectivity index (χ2v) is 9.34. The van der Waals surface area contributed by atoms with Crippen LogP contribution >= 0.6 is 35.2 Å². The van der Waals surface area contributed by atoms with E-state index < -0.39 is 0 Å². The number of carbonyl (C=O) groups is 1. The Labute approximate surface area is 195 Å². The molecule has 6 nitrogen and oxygen atoms in total. The maximum absolute atomic E-state index is 12.5. The number of hydrogen-bond acceptors (Lipinski definition) is 5. The quantitative estimate of drug-likeness (QED) is 0.288. The Bertz CT molecular complexity index is 1090. The zero-order chi connectivity index (χ0) is 21.8. The van der Waals surface area contributed by atoms with Gasteiger partial charge in [0.1, 0.15) is 5.00 Å². The average Bonchev–Trinajstić information content (AvgIpc) is 3.25. The second kappa shape index (κ2) is 9.80. The van der Waals surface area contributed by atoms with Crippen molar-refractivity contribution in [3.8, 4) is 0 Å². The normalized spacial score (nSPS) is 13.2. The highest BCUT2D eigenvalue weighted by molar-refractivity contribution is 7.80. The van der Waals surface area contributed by atoms with Crippen LogP contribution in [0.5, 0.6) is 0 Å². The fourth-order valence-electron chi connectivity index (χ4n) is 3.71. The van der Waals surface area contributed by atoms with Crippen molar-refractivity contribution in [1.29, 1.82) is 0 Å². The minimum absolute atomic E-state index is 0.319. The summed E-state index contributed by atoms with van der Waals surface area (Å²) in [5, 5.41) is 12.6. The molecule has 1 aliphatic carbocycles. The molecule has 1 aromatic carbocycles. The Balaban J connectivity index is 1.45. The molecule has 9 heteroatoms. The first-order valence-corrected chi connectivity index (χ1v) is 11.7. The van der Waals surface area contributed by atoms with Gasteiger partial charge in [0.05, 0.1) is 31.1 Å². The largest absolute Gasteiger partial charge is 0.465 e. The van der Waals surface area contributed by atoms with E-state index in [1.807, 2.05) is 35.1 Å². The van der Waals surface area contributed by atoms with Gasteiger partial charge in [0.25, 0.3) is 0 Å². The van der Waals surface area contributed by atoms with E-state index in [0.29, 0.717) is 22.2 Å². The highest BCUT2D eigenvalue weighted by atomic mass is 35.5. The summed E-state index contributed by atoms with van der Waals surface area (Å²) in [5.41, 5.74) is 3.59. The van der Waals surface area contributed by atoms with Crippen molar-refractivity contribution >= 4 is 56.9 Å². The molecule has 0 saturated heterocycles. The molecule has 31 heavy (non-hydrogen) atoms. The minimum Gasteiger partial charge on any atom is -0.465 e. The predicted octanol–water partition coefficient (Wildman–Crippen LogP) is 5.51.